The monoisotopic (exact) mass is 278 g/mol. The summed E-state index contributed by atoms with van der Waals surface area (Å²) in [5.41, 5.74) is 1.01. The molecule has 2 aromatic rings. The number of hydrogen-bond acceptors (Lipinski definition) is 1. The molecular weight excluding hydrogens is 263 g/mol. The number of fused-ring (bicyclic) bond motifs is 1. The first-order chi connectivity index (χ1) is 9.27. The highest BCUT2D eigenvalue weighted by Crippen LogP contribution is 2.38. The van der Waals surface area contributed by atoms with Crippen LogP contribution in [0, 0.1) is 11.7 Å². The van der Waals surface area contributed by atoms with Crippen molar-refractivity contribution < 1.29 is 9.13 Å². The fraction of sp³-hybridized carbons (Fsp3) is 0.375. The van der Waals surface area contributed by atoms with Crippen molar-refractivity contribution in [3.8, 4) is 0 Å². The quantitative estimate of drug-likeness (QED) is 0.725. The maximum atomic E-state index is 13.8. The number of benzene rings is 2. The van der Waals surface area contributed by atoms with E-state index < -0.39 is 0 Å². The SMILES string of the molecule is Fc1ccc(C(Cl)C2CCCOC2)c2ccccc12. The lowest BCUT2D eigenvalue weighted by Crippen LogP contribution is -2.21. The number of halogens is 2. The number of ether oxygens (including phenoxy) is 1. The van der Waals surface area contributed by atoms with E-state index in [9.17, 15) is 4.39 Å². The second-order valence-corrected chi connectivity index (χ2v) is 5.53. The first kappa shape index (κ1) is 12.9. The Morgan fingerprint density at radius 1 is 1.16 bits per heavy atom. The van der Waals surface area contributed by atoms with E-state index in [4.69, 9.17) is 16.3 Å². The van der Waals surface area contributed by atoms with Crippen LogP contribution in [0.3, 0.4) is 0 Å². The smallest absolute Gasteiger partial charge is 0.131 e. The van der Waals surface area contributed by atoms with Gasteiger partial charge in [-0.15, -0.1) is 11.6 Å². The standard InChI is InChI=1S/C16H16ClFO/c17-16(11-4-3-9-19-10-11)14-7-8-15(18)13-6-2-1-5-12(13)14/h1-2,5-8,11,16H,3-4,9-10H2. The molecule has 19 heavy (non-hydrogen) atoms. The van der Waals surface area contributed by atoms with Crippen LogP contribution in [-0.2, 0) is 4.74 Å². The van der Waals surface area contributed by atoms with E-state index in [2.05, 4.69) is 0 Å². The van der Waals surface area contributed by atoms with Gasteiger partial charge in [-0.05, 0) is 29.9 Å². The van der Waals surface area contributed by atoms with Crippen LogP contribution in [0.25, 0.3) is 10.8 Å². The highest BCUT2D eigenvalue weighted by atomic mass is 35.5. The molecule has 1 heterocycles. The van der Waals surface area contributed by atoms with Crippen molar-refractivity contribution in [2.24, 2.45) is 5.92 Å². The highest BCUT2D eigenvalue weighted by molar-refractivity contribution is 6.22. The van der Waals surface area contributed by atoms with E-state index >= 15 is 0 Å². The van der Waals surface area contributed by atoms with Gasteiger partial charge in [0.1, 0.15) is 5.82 Å². The highest BCUT2D eigenvalue weighted by Gasteiger charge is 2.25. The average Bonchev–Trinajstić information content (AvgIpc) is 2.48. The molecule has 0 aliphatic carbocycles. The Kier molecular flexibility index (Phi) is 3.72. The fourth-order valence-corrected chi connectivity index (χ4v) is 3.17. The first-order valence-corrected chi connectivity index (χ1v) is 7.10. The molecule has 1 aliphatic heterocycles. The minimum absolute atomic E-state index is 0.120. The van der Waals surface area contributed by atoms with Crippen molar-refractivity contribution in [3.05, 3.63) is 47.8 Å². The Hall–Kier alpha value is -1.12. The van der Waals surface area contributed by atoms with E-state index in [1.807, 2.05) is 24.3 Å². The molecular formula is C16H16ClFO. The van der Waals surface area contributed by atoms with Crippen LogP contribution in [0.15, 0.2) is 36.4 Å². The Balaban J connectivity index is 2.02. The molecule has 0 N–H and O–H groups in total. The van der Waals surface area contributed by atoms with Gasteiger partial charge in [0.25, 0.3) is 0 Å². The topological polar surface area (TPSA) is 9.23 Å². The lowest BCUT2D eigenvalue weighted by Gasteiger charge is -2.27. The average molecular weight is 279 g/mol. The third kappa shape index (κ3) is 2.47. The number of rotatable bonds is 2. The summed E-state index contributed by atoms with van der Waals surface area (Å²) < 4.78 is 19.3. The molecule has 1 saturated heterocycles. The number of hydrogen-bond donors (Lipinski definition) is 0. The Morgan fingerprint density at radius 2 is 1.95 bits per heavy atom. The molecule has 0 aromatic heterocycles. The second-order valence-electron chi connectivity index (χ2n) is 5.06. The van der Waals surface area contributed by atoms with Crippen LogP contribution < -0.4 is 0 Å². The van der Waals surface area contributed by atoms with Crippen LogP contribution in [0.1, 0.15) is 23.8 Å². The molecule has 1 aliphatic rings. The summed E-state index contributed by atoms with van der Waals surface area (Å²) in [5, 5.41) is 1.43. The summed E-state index contributed by atoms with van der Waals surface area (Å²) in [5.74, 6) is 0.118. The fourth-order valence-electron chi connectivity index (χ4n) is 2.78. The van der Waals surface area contributed by atoms with E-state index in [-0.39, 0.29) is 11.2 Å². The summed E-state index contributed by atoms with van der Waals surface area (Å²) in [6.07, 6.45) is 2.12. The van der Waals surface area contributed by atoms with Gasteiger partial charge in [-0.2, -0.15) is 0 Å². The van der Waals surface area contributed by atoms with Gasteiger partial charge in [0.05, 0.1) is 12.0 Å². The molecule has 0 saturated carbocycles. The van der Waals surface area contributed by atoms with Crippen LogP contribution in [0.2, 0.25) is 0 Å². The molecule has 0 bridgehead atoms. The number of alkyl halides is 1. The van der Waals surface area contributed by atoms with E-state index in [1.54, 1.807) is 6.07 Å². The van der Waals surface area contributed by atoms with Crippen molar-refractivity contribution in [3.63, 3.8) is 0 Å². The molecule has 100 valence electrons. The van der Waals surface area contributed by atoms with Gasteiger partial charge in [-0.25, -0.2) is 4.39 Å². The lowest BCUT2D eigenvalue weighted by atomic mass is 9.90. The Morgan fingerprint density at radius 3 is 2.68 bits per heavy atom. The van der Waals surface area contributed by atoms with Gasteiger partial charge in [0.15, 0.2) is 0 Å². The van der Waals surface area contributed by atoms with Crippen LogP contribution >= 0.6 is 11.6 Å². The molecule has 2 aromatic carbocycles. The lowest BCUT2D eigenvalue weighted by molar-refractivity contribution is 0.0533. The van der Waals surface area contributed by atoms with Gasteiger partial charge in [0.2, 0.25) is 0 Å². The van der Waals surface area contributed by atoms with Crippen LogP contribution in [0.5, 0.6) is 0 Å². The maximum Gasteiger partial charge on any atom is 0.131 e. The molecule has 1 nitrogen and oxygen atoms in total. The van der Waals surface area contributed by atoms with Gasteiger partial charge in [0, 0.05) is 17.9 Å². The summed E-state index contributed by atoms with van der Waals surface area (Å²) in [6.45, 7) is 1.52. The van der Waals surface area contributed by atoms with Crippen molar-refractivity contribution in [1.82, 2.24) is 0 Å². The molecule has 2 atom stereocenters. The normalized spacial score (nSPS) is 21.5. The molecule has 1 fully saturated rings. The van der Waals surface area contributed by atoms with Crippen molar-refractivity contribution in [2.75, 3.05) is 13.2 Å². The Labute approximate surface area is 117 Å². The van der Waals surface area contributed by atoms with E-state index in [0.29, 0.717) is 17.9 Å². The third-order valence-electron chi connectivity index (χ3n) is 3.81. The third-order valence-corrected chi connectivity index (χ3v) is 4.40. The maximum absolute atomic E-state index is 13.8. The van der Waals surface area contributed by atoms with Crippen molar-refractivity contribution in [1.29, 1.82) is 0 Å². The van der Waals surface area contributed by atoms with Gasteiger partial charge >= 0.3 is 0 Å². The van der Waals surface area contributed by atoms with Crippen molar-refractivity contribution >= 4 is 22.4 Å². The van der Waals surface area contributed by atoms with Crippen LogP contribution in [0.4, 0.5) is 4.39 Å². The van der Waals surface area contributed by atoms with E-state index in [1.165, 1.54) is 6.07 Å². The summed E-state index contributed by atoms with van der Waals surface area (Å²) in [7, 11) is 0. The predicted molar refractivity (Wildman–Crippen MR) is 76.0 cm³/mol. The largest absolute Gasteiger partial charge is 0.381 e. The molecule has 3 heteroatoms. The molecule has 0 radical (unpaired) electrons. The zero-order valence-corrected chi connectivity index (χ0v) is 11.4. The molecule has 2 unspecified atom stereocenters. The predicted octanol–water partition coefficient (Wildman–Crippen LogP) is 4.69. The second kappa shape index (κ2) is 5.48. The zero-order valence-electron chi connectivity index (χ0n) is 10.6. The van der Waals surface area contributed by atoms with E-state index in [0.717, 1.165) is 30.4 Å². The van der Waals surface area contributed by atoms with Gasteiger partial charge in [-0.3, -0.25) is 0 Å². The minimum Gasteiger partial charge on any atom is -0.381 e. The van der Waals surface area contributed by atoms with Crippen molar-refractivity contribution in [2.45, 2.75) is 18.2 Å². The molecule has 0 amide bonds. The Bertz CT molecular complexity index is 578. The summed E-state index contributed by atoms with van der Waals surface area (Å²) in [6, 6.07) is 10.8. The first-order valence-electron chi connectivity index (χ1n) is 6.66. The zero-order chi connectivity index (χ0) is 13.2. The summed E-state index contributed by atoms with van der Waals surface area (Å²) >= 11 is 6.61. The molecule has 3 rings (SSSR count). The molecule has 0 spiro atoms. The van der Waals surface area contributed by atoms with Crippen LogP contribution in [-0.4, -0.2) is 13.2 Å². The minimum atomic E-state index is -0.192. The summed E-state index contributed by atoms with van der Waals surface area (Å²) in [4.78, 5) is 0. The van der Waals surface area contributed by atoms with Gasteiger partial charge < -0.3 is 4.74 Å². The van der Waals surface area contributed by atoms with Gasteiger partial charge in [-0.1, -0.05) is 30.3 Å².